The van der Waals surface area contributed by atoms with Crippen LogP contribution < -0.4 is 4.74 Å². The normalized spacial score (nSPS) is 16.2. The van der Waals surface area contributed by atoms with E-state index >= 15 is 0 Å². The second-order valence-corrected chi connectivity index (χ2v) is 8.66. The van der Waals surface area contributed by atoms with Crippen LogP contribution in [0, 0.1) is 0 Å². The van der Waals surface area contributed by atoms with Gasteiger partial charge in [0.25, 0.3) is 5.91 Å². The second kappa shape index (κ2) is 9.28. The summed E-state index contributed by atoms with van der Waals surface area (Å²) < 4.78 is 6.42. The summed E-state index contributed by atoms with van der Waals surface area (Å²) in [6.45, 7) is 2.53. The second-order valence-electron chi connectivity index (χ2n) is 6.98. The van der Waals surface area contributed by atoms with Crippen LogP contribution in [0.25, 0.3) is 6.08 Å². The van der Waals surface area contributed by atoms with Gasteiger partial charge in [-0.15, -0.1) is 0 Å². The molecule has 1 fully saturated rings. The van der Waals surface area contributed by atoms with Gasteiger partial charge in [-0.1, -0.05) is 96.8 Å². The van der Waals surface area contributed by atoms with Crippen molar-refractivity contribution in [1.29, 1.82) is 0 Å². The van der Waals surface area contributed by atoms with E-state index in [4.69, 9.17) is 17.0 Å². The van der Waals surface area contributed by atoms with E-state index in [1.807, 2.05) is 97.9 Å². The molecular formula is C25H21NO2S2. The minimum atomic E-state index is -0.0987. The lowest BCUT2D eigenvalue weighted by Crippen LogP contribution is -2.30. The molecule has 0 N–H and O–H groups in total. The van der Waals surface area contributed by atoms with Gasteiger partial charge in [-0.2, -0.15) is 0 Å². The monoisotopic (exact) mass is 431 g/mol. The molecule has 1 heterocycles. The Morgan fingerprint density at radius 2 is 1.60 bits per heavy atom. The fourth-order valence-electron chi connectivity index (χ4n) is 3.25. The van der Waals surface area contributed by atoms with Gasteiger partial charge >= 0.3 is 0 Å². The Balaban J connectivity index is 1.44. The number of amides is 1. The third-order valence-corrected chi connectivity index (χ3v) is 6.25. The standard InChI is InChI=1S/C25H21NO2S2/c1-18(21-10-6-3-7-11-21)26-24(27)23(30-25(26)29)16-19-12-14-22(15-13-19)28-17-20-8-4-2-5-9-20/h2-16,18H,17H2,1H3/b23-16-. The van der Waals surface area contributed by atoms with E-state index in [1.54, 1.807) is 4.90 Å². The molecule has 3 aromatic rings. The number of hydrogen-bond donors (Lipinski definition) is 0. The van der Waals surface area contributed by atoms with Crippen LogP contribution in [0.4, 0.5) is 0 Å². The number of nitrogens with zero attached hydrogens (tertiary/aromatic N) is 1. The predicted molar refractivity (Wildman–Crippen MR) is 127 cm³/mol. The van der Waals surface area contributed by atoms with Gasteiger partial charge < -0.3 is 4.74 Å². The molecule has 3 nitrogen and oxygen atoms in total. The number of rotatable bonds is 6. The molecule has 0 bridgehead atoms. The molecular weight excluding hydrogens is 410 g/mol. The van der Waals surface area contributed by atoms with Crippen molar-refractivity contribution in [3.8, 4) is 5.75 Å². The van der Waals surface area contributed by atoms with Gasteiger partial charge in [-0.05, 0) is 41.8 Å². The van der Waals surface area contributed by atoms with Crippen LogP contribution in [0.5, 0.6) is 5.75 Å². The molecule has 1 saturated heterocycles. The summed E-state index contributed by atoms with van der Waals surface area (Å²) >= 11 is 6.85. The Morgan fingerprint density at radius 1 is 0.967 bits per heavy atom. The minimum absolute atomic E-state index is 0.0502. The molecule has 1 unspecified atom stereocenters. The fraction of sp³-hybridized carbons (Fsp3) is 0.120. The topological polar surface area (TPSA) is 29.5 Å². The number of benzene rings is 3. The maximum atomic E-state index is 13.0. The number of thiocarbonyl (C=S) groups is 1. The average molecular weight is 432 g/mol. The number of carbonyl (C=O) groups is 1. The van der Waals surface area contributed by atoms with Crippen LogP contribution >= 0.6 is 24.0 Å². The van der Waals surface area contributed by atoms with Crippen molar-refractivity contribution >= 4 is 40.3 Å². The largest absolute Gasteiger partial charge is 0.489 e. The molecule has 150 valence electrons. The molecule has 0 aliphatic carbocycles. The van der Waals surface area contributed by atoms with E-state index in [9.17, 15) is 4.79 Å². The maximum absolute atomic E-state index is 13.0. The molecule has 1 atom stereocenters. The van der Waals surface area contributed by atoms with Crippen LogP contribution in [-0.4, -0.2) is 15.1 Å². The fourth-order valence-corrected chi connectivity index (χ4v) is 4.67. The summed E-state index contributed by atoms with van der Waals surface area (Å²) in [5.74, 6) is 0.743. The van der Waals surface area contributed by atoms with Crippen molar-refractivity contribution in [2.75, 3.05) is 0 Å². The summed E-state index contributed by atoms with van der Waals surface area (Å²) in [5.41, 5.74) is 3.13. The SMILES string of the molecule is CC(c1ccccc1)N1C(=O)/C(=C/c2ccc(OCc3ccccc3)cc2)SC1=S. The molecule has 30 heavy (non-hydrogen) atoms. The van der Waals surface area contributed by atoms with Gasteiger partial charge in [-0.25, -0.2) is 0 Å². The van der Waals surface area contributed by atoms with Crippen molar-refractivity contribution in [1.82, 2.24) is 4.90 Å². The first-order chi connectivity index (χ1) is 14.6. The first kappa shape index (κ1) is 20.4. The van der Waals surface area contributed by atoms with Crippen LogP contribution in [0.2, 0.25) is 0 Å². The summed E-state index contributed by atoms with van der Waals surface area (Å²) in [5, 5.41) is 0. The zero-order valence-electron chi connectivity index (χ0n) is 16.5. The molecule has 0 radical (unpaired) electrons. The predicted octanol–water partition coefficient (Wildman–Crippen LogP) is 6.23. The molecule has 4 rings (SSSR count). The third-order valence-electron chi connectivity index (χ3n) is 4.92. The maximum Gasteiger partial charge on any atom is 0.266 e. The van der Waals surface area contributed by atoms with Crippen LogP contribution in [0.1, 0.15) is 29.7 Å². The highest BCUT2D eigenvalue weighted by Gasteiger charge is 2.35. The molecule has 0 aromatic heterocycles. The van der Waals surface area contributed by atoms with E-state index < -0.39 is 0 Å². The molecule has 3 aromatic carbocycles. The molecule has 1 aliphatic heterocycles. The van der Waals surface area contributed by atoms with E-state index in [0.29, 0.717) is 15.8 Å². The first-order valence-electron chi connectivity index (χ1n) is 9.70. The molecule has 0 saturated carbocycles. The quantitative estimate of drug-likeness (QED) is 0.342. The molecule has 5 heteroatoms. The molecule has 1 amide bonds. The highest BCUT2D eigenvalue weighted by atomic mass is 32.2. The minimum Gasteiger partial charge on any atom is -0.489 e. The van der Waals surface area contributed by atoms with Crippen molar-refractivity contribution in [3.05, 3.63) is 107 Å². The van der Waals surface area contributed by atoms with E-state index in [2.05, 4.69) is 0 Å². The lowest BCUT2D eigenvalue weighted by molar-refractivity contribution is -0.123. The van der Waals surface area contributed by atoms with Gasteiger partial charge in [0, 0.05) is 0 Å². The van der Waals surface area contributed by atoms with Gasteiger partial charge in [-0.3, -0.25) is 9.69 Å². The Kier molecular flexibility index (Phi) is 6.31. The number of thioether (sulfide) groups is 1. The number of hydrogen-bond acceptors (Lipinski definition) is 4. The first-order valence-corrected chi connectivity index (χ1v) is 10.9. The van der Waals surface area contributed by atoms with Crippen molar-refractivity contribution in [2.45, 2.75) is 19.6 Å². The Morgan fingerprint density at radius 3 is 2.27 bits per heavy atom. The smallest absolute Gasteiger partial charge is 0.266 e. The molecule has 1 aliphatic rings. The summed E-state index contributed by atoms with van der Waals surface area (Å²) in [7, 11) is 0. The van der Waals surface area contributed by atoms with Crippen LogP contribution in [0.3, 0.4) is 0 Å². The average Bonchev–Trinajstić information content (AvgIpc) is 3.07. The van der Waals surface area contributed by atoms with Gasteiger partial charge in [0.05, 0.1) is 10.9 Å². The van der Waals surface area contributed by atoms with E-state index in [1.165, 1.54) is 11.8 Å². The van der Waals surface area contributed by atoms with Crippen molar-refractivity contribution < 1.29 is 9.53 Å². The summed E-state index contributed by atoms with van der Waals surface area (Å²) in [6.07, 6.45) is 1.89. The Bertz CT molecular complexity index is 1060. The Hall–Kier alpha value is -2.89. The van der Waals surface area contributed by atoms with Gasteiger partial charge in [0.1, 0.15) is 16.7 Å². The number of ether oxygens (including phenoxy) is 1. The van der Waals surface area contributed by atoms with Gasteiger partial charge in [0.15, 0.2) is 0 Å². The zero-order valence-corrected chi connectivity index (χ0v) is 18.2. The summed E-state index contributed by atoms with van der Waals surface area (Å²) in [6, 6.07) is 27.6. The lowest BCUT2D eigenvalue weighted by atomic mass is 10.1. The third kappa shape index (κ3) is 4.64. The van der Waals surface area contributed by atoms with E-state index in [0.717, 1.165) is 22.4 Å². The van der Waals surface area contributed by atoms with Gasteiger partial charge in [0.2, 0.25) is 0 Å². The van der Waals surface area contributed by atoms with Crippen LogP contribution in [-0.2, 0) is 11.4 Å². The molecule has 0 spiro atoms. The zero-order chi connectivity index (χ0) is 20.9. The van der Waals surface area contributed by atoms with E-state index in [-0.39, 0.29) is 11.9 Å². The highest BCUT2D eigenvalue weighted by molar-refractivity contribution is 8.26. The number of carbonyl (C=O) groups excluding carboxylic acids is 1. The van der Waals surface area contributed by atoms with Crippen molar-refractivity contribution in [3.63, 3.8) is 0 Å². The lowest BCUT2D eigenvalue weighted by Gasteiger charge is -2.23. The van der Waals surface area contributed by atoms with Crippen molar-refractivity contribution in [2.24, 2.45) is 0 Å². The summed E-state index contributed by atoms with van der Waals surface area (Å²) in [4.78, 5) is 15.3. The highest BCUT2D eigenvalue weighted by Crippen LogP contribution is 2.38. The van der Waals surface area contributed by atoms with Crippen LogP contribution in [0.15, 0.2) is 89.8 Å². The Labute approximate surface area is 186 Å².